The van der Waals surface area contributed by atoms with E-state index in [0.29, 0.717) is 0 Å². The molecule has 0 fully saturated rings. The molecule has 0 amide bonds. The zero-order valence-electron chi connectivity index (χ0n) is 11.1. The minimum absolute atomic E-state index is 0.909. The molecule has 0 saturated carbocycles. The van der Waals surface area contributed by atoms with Crippen LogP contribution >= 0.6 is 0 Å². The number of fused-ring (bicyclic) bond motifs is 2. The highest BCUT2D eigenvalue weighted by Crippen LogP contribution is 2.29. The molecule has 0 atom stereocenters. The topological polar surface area (TPSA) is 41.6 Å². The molecule has 3 aromatic heterocycles. The van der Waals surface area contributed by atoms with E-state index in [1.807, 2.05) is 18.5 Å². The van der Waals surface area contributed by atoms with Crippen molar-refractivity contribution in [3.63, 3.8) is 0 Å². The average Bonchev–Trinajstić information content (AvgIpc) is 2.91. The number of aromatic amines is 1. The molecule has 3 heteroatoms. The van der Waals surface area contributed by atoms with E-state index < -0.39 is 0 Å². The Hall–Kier alpha value is -2.68. The smallest absolute Gasteiger partial charge is 0.137 e. The van der Waals surface area contributed by atoms with Gasteiger partial charge in [0, 0.05) is 40.5 Å². The molecule has 1 N–H and O–H groups in total. The molecule has 0 radical (unpaired) electrons. The summed E-state index contributed by atoms with van der Waals surface area (Å²) < 4.78 is 0. The van der Waals surface area contributed by atoms with Crippen molar-refractivity contribution in [3.8, 4) is 11.1 Å². The fourth-order valence-electron chi connectivity index (χ4n) is 2.66. The van der Waals surface area contributed by atoms with Crippen LogP contribution in [0.15, 0.2) is 55.0 Å². The van der Waals surface area contributed by atoms with Crippen LogP contribution < -0.4 is 0 Å². The maximum Gasteiger partial charge on any atom is 0.137 e. The molecule has 20 heavy (non-hydrogen) atoms. The summed E-state index contributed by atoms with van der Waals surface area (Å²) in [5.41, 5.74) is 5.43. The average molecular weight is 259 g/mol. The van der Waals surface area contributed by atoms with Crippen molar-refractivity contribution >= 4 is 21.9 Å². The molecule has 0 spiro atoms. The molecular formula is C17H13N3. The van der Waals surface area contributed by atoms with E-state index in [2.05, 4.69) is 52.2 Å². The maximum atomic E-state index is 4.61. The maximum absolute atomic E-state index is 4.61. The second-order valence-corrected chi connectivity index (χ2v) is 4.97. The Morgan fingerprint density at radius 3 is 2.95 bits per heavy atom. The van der Waals surface area contributed by atoms with Crippen LogP contribution in [-0.2, 0) is 0 Å². The highest BCUT2D eigenvalue weighted by atomic mass is 14.8. The summed E-state index contributed by atoms with van der Waals surface area (Å²) >= 11 is 0. The molecule has 96 valence electrons. The lowest BCUT2D eigenvalue weighted by molar-refractivity contribution is 1.32. The summed E-state index contributed by atoms with van der Waals surface area (Å²) in [6, 6.07) is 12.5. The number of hydrogen-bond acceptors (Lipinski definition) is 2. The Balaban J connectivity index is 1.98. The molecule has 3 nitrogen and oxygen atoms in total. The number of aryl methyl sites for hydroxylation is 1. The van der Waals surface area contributed by atoms with Gasteiger partial charge in [-0.25, -0.2) is 4.98 Å². The van der Waals surface area contributed by atoms with E-state index in [1.165, 1.54) is 10.9 Å². The van der Waals surface area contributed by atoms with Crippen molar-refractivity contribution in [1.29, 1.82) is 0 Å². The number of H-pyrrole nitrogens is 1. The molecule has 0 aliphatic carbocycles. The van der Waals surface area contributed by atoms with Crippen LogP contribution in [0.2, 0.25) is 0 Å². The Morgan fingerprint density at radius 1 is 1.05 bits per heavy atom. The van der Waals surface area contributed by atoms with Gasteiger partial charge in [-0.05, 0) is 30.7 Å². The minimum Gasteiger partial charge on any atom is -0.346 e. The fourth-order valence-corrected chi connectivity index (χ4v) is 2.66. The molecule has 1 aromatic carbocycles. The Kier molecular flexibility index (Phi) is 2.33. The van der Waals surface area contributed by atoms with Crippen LogP contribution in [0.4, 0.5) is 0 Å². The van der Waals surface area contributed by atoms with Gasteiger partial charge in [-0.3, -0.25) is 4.98 Å². The molecule has 4 rings (SSSR count). The van der Waals surface area contributed by atoms with E-state index in [4.69, 9.17) is 0 Å². The van der Waals surface area contributed by atoms with Gasteiger partial charge in [-0.2, -0.15) is 0 Å². The third kappa shape index (κ3) is 1.60. The molecule has 0 bridgehead atoms. The van der Waals surface area contributed by atoms with Crippen molar-refractivity contribution in [2.75, 3.05) is 0 Å². The summed E-state index contributed by atoms with van der Waals surface area (Å²) in [5.74, 6) is 0. The van der Waals surface area contributed by atoms with Crippen molar-refractivity contribution in [2.24, 2.45) is 0 Å². The van der Waals surface area contributed by atoms with Crippen molar-refractivity contribution in [3.05, 3.63) is 60.6 Å². The normalized spacial score (nSPS) is 11.2. The van der Waals surface area contributed by atoms with Crippen LogP contribution in [0.1, 0.15) is 5.56 Å². The fraction of sp³-hybridized carbons (Fsp3) is 0.0588. The molecule has 3 heterocycles. The predicted octanol–water partition coefficient (Wildman–Crippen LogP) is 4.09. The Bertz CT molecular complexity index is 922. The molecule has 0 aliphatic heterocycles. The summed E-state index contributed by atoms with van der Waals surface area (Å²) in [7, 11) is 0. The monoisotopic (exact) mass is 259 g/mol. The molecule has 0 unspecified atom stereocenters. The first-order chi connectivity index (χ1) is 9.83. The summed E-state index contributed by atoms with van der Waals surface area (Å²) in [5, 5.41) is 2.29. The summed E-state index contributed by atoms with van der Waals surface area (Å²) in [6.07, 6.45) is 5.73. The van der Waals surface area contributed by atoms with Gasteiger partial charge in [0.1, 0.15) is 5.65 Å². The van der Waals surface area contributed by atoms with Crippen LogP contribution in [0.25, 0.3) is 33.1 Å². The Morgan fingerprint density at radius 2 is 2.00 bits per heavy atom. The van der Waals surface area contributed by atoms with Crippen molar-refractivity contribution in [2.45, 2.75) is 6.92 Å². The van der Waals surface area contributed by atoms with Gasteiger partial charge >= 0.3 is 0 Å². The second kappa shape index (κ2) is 4.17. The third-order valence-corrected chi connectivity index (χ3v) is 3.67. The summed E-state index contributed by atoms with van der Waals surface area (Å²) in [4.78, 5) is 12.1. The predicted molar refractivity (Wildman–Crippen MR) is 81.6 cm³/mol. The number of nitrogens with one attached hydrogen (secondary N) is 1. The van der Waals surface area contributed by atoms with E-state index in [0.717, 1.165) is 27.7 Å². The van der Waals surface area contributed by atoms with Gasteiger partial charge in [0.25, 0.3) is 0 Å². The van der Waals surface area contributed by atoms with Gasteiger partial charge in [0.05, 0.1) is 5.52 Å². The van der Waals surface area contributed by atoms with E-state index >= 15 is 0 Å². The van der Waals surface area contributed by atoms with Crippen LogP contribution in [0.5, 0.6) is 0 Å². The van der Waals surface area contributed by atoms with Gasteiger partial charge in [-0.1, -0.05) is 18.2 Å². The summed E-state index contributed by atoms with van der Waals surface area (Å²) in [6.45, 7) is 2.09. The number of rotatable bonds is 1. The zero-order valence-corrected chi connectivity index (χ0v) is 11.1. The molecular weight excluding hydrogens is 246 g/mol. The number of hydrogen-bond donors (Lipinski definition) is 1. The zero-order chi connectivity index (χ0) is 13.5. The van der Waals surface area contributed by atoms with Crippen molar-refractivity contribution < 1.29 is 0 Å². The van der Waals surface area contributed by atoms with Crippen molar-refractivity contribution in [1.82, 2.24) is 15.0 Å². The van der Waals surface area contributed by atoms with Crippen LogP contribution in [0, 0.1) is 6.92 Å². The SMILES string of the molecule is Cc1cccc2cc(-c3c[nH]c4ncccc34)cnc12. The lowest BCUT2D eigenvalue weighted by Crippen LogP contribution is -1.85. The minimum atomic E-state index is 0.909. The Labute approximate surface area is 116 Å². The van der Waals surface area contributed by atoms with E-state index in [-0.39, 0.29) is 0 Å². The number of benzene rings is 1. The number of aromatic nitrogens is 3. The molecule has 4 aromatic rings. The van der Waals surface area contributed by atoms with Gasteiger partial charge in [-0.15, -0.1) is 0 Å². The van der Waals surface area contributed by atoms with Gasteiger partial charge < -0.3 is 4.98 Å². The quantitative estimate of drug-likeness (QED) is 0.559. The number of pyridine rings is 2. The first-order valence-corrected chi connectivity index (χ1v) is 6.61. The highest BCUT2D eigenvalue weighted by Gasteiger charge is 2.08. The van der Waals surface area contributed by atoms with Crippen LogP contribution in [0.3, 0.4) is 0 Å². The van der Waals surface area contributed by atoms with E-state index in [1.54, 1.807) is 6.20 Å². The largest absolute Gasteiger partial charge is 0.346 e. The third-order valence-electron chi connectivity index (χ3n) is 3.67. The van der Waals surface area contributed by atoms with Gasteiger partial charge in [0.2, 0.25) is 0 Å². The molecule has 0 aliphatic rings. The first-order valence-electron chi connectivity index (χ1n) is 6.61. The highest BCUT2D eigenvalue weighted by molar-refractivity contribution is 5.96. The lowest BCUT2D eigenvalue weighted by Gasteiger charge is -2.04. The van der Waals surface area contributed by atoms with Gasteiger partial charge in [0.15, 0.2) is 0 Å². The number of para-hydroxylation sites is 1. The lowest BCUT2D eigenvalue weighted by atomic mass is 10.0. The van der Waals surface area contributed by atoms with E-state index in [9.17, 15) is 0 Å². The van der Waals surface area contributed by atoms with Crippen LogP contribution in [-0.4, -0.2) is 15.0 Å². The standard InChI is InChI=1S/C17H13N3/c1-11-4-2-5-12-8-13(9-19-16(11)12)15-10-20-17-14(15)6-3-7-18-17/h2-10H,1H3,(H,18,20). The number of nitrogens with zero attached hydrogens (tertiary/aromatic N) is 2. The molecule has 0 saturated heterocycles. The first kappa shape index (κ1) is 11.2. The second-order valence-electron chi connectivity index (χ2n) is 4.97.